The van der Waals surface area contributed by atoms with Crippen molar-refractivity contribution in [2.24, 2.45) is 11.7 Å². The Hall–Kier alpha value is -2.08. The number of benzene rings is 1. The number of para-hydroxylation sites is 1. The summed E-state index contributed by atoms with van der Waals surface area (Å²) in [5, 5.41) is 5.64. The van der Waals surface area contributed by atoms with Crippen molar-refractivity contribution in [3.8, 4) is 5.75 Å². The zero-order valence-electron chi connectivity index (χ0n) is 14.1. The molecule has 1 aromatic carbocycles. The Bertz CT molecular complexity index is 518. The van der Waals surface area contributed by atoms with E-state index in [4.69, 9.17) is 10.5 Å². The van der Waals surface area contributed by atoms with Crippen LogP contribution < -0.4 is 21.1 Å². The number of unbranched alkanes of at least 4 members (excludes halogenated alkanes) is 1. The first-order valence-electron chi connectivity index (χ1n) is 7.93. The predicted octanol–water partition coefficient (Wildman–Crippen LogP) is 1.30. The van der Waals surface area contributed by atoms with Crippen molar-refractivity contribution >= 4 is 11.8 Å². The van der Waals surface area contributed by atoms with Crippen LogP contribution in [0.5, 0.6) is 5.75 Å². The van der Waals surface area contributed by atoms with E-state index in [9.17, 15) is 9.59 Å². The molecule has 6 nitrogen and oxygen atoms in total. The Morgan fingerprint density at radius 1 is 1.22 bits per heavy atom. The van der Waals surface area contributed by atoms with Gasteiger partial charge < -0.3 is 21.1 Å². The molecular weight excluding hydrogens is 294 g/mol. The summed E-state index contributed by atoms with van der Waals surface area (Å²) in [6.07, 6.45) is 1.69. The van der Waals surface area contributed by atoms with Gasteiger partial charge in [-0.3, -0.25) is 9.59 Å². The lowest BCUT2D eigenvalue weighted by atomic mass is 10.0. The summed E-state index contributed by atoms with van der Waals surface area (Å²) in [7, 11) is 1.51. The molecule has 0 radical (unpaired) electrons. The van der Waals surface area contributed by atoms with E-state index in [1.54, 1.807) is 24.3 Å². The first-order chi connectivity index (χ1) is 11.0. The highest BCUT2D eigenvalue weighted by atomic mass is 16.5. The molecule has 6 heteroatoms. The number of hydrogen-bond acceptors (Lipinski definition) is 4. The summed E-state index contributed by atoms with van der Waals surface area (Å²) in [5.74, 6) is -0.0439. The Morgan fingerprint density at radius 3 is 2.52 bits per heavy atom. The molecule has 128 valence electrons. The van der Waals surface area contributed by atoms with E-state index in [0.717, 1.165) is 12.8 Å². The first-order valence-corrected chi connectivity index (χ1v) is 7.93. The van der Waals surface area contributed by atoms with Crippen molar-refractivity contribution in [1.82, 2.24) is 10.6 Å². The number of carbonyl (C=O) groups is 2. The van der Waals surface area contributed by atoms with Crippen molar-refractivity contribution in [3.05, 3.63) is 29.8 Å². The minimum Gasteiger partial charge on any atom is -0.496 e. The van der Waals surface area contributed by atoms with E-state index in [2.05, 4.69) is 10.6 Å². The smallest absolute Gasteiger partial charge is 0.255 e. The fraction of sp³-hybridized carbons (Fsp3) is 0.529. The van der Waals surface area contributed by atoms with Gasteiger partial charge in [-0.15, -0.1) is 0 Å². The third kappa shape index (κ3) is 5.90. The van der Waals surface area contributed by atoms with Crippen LogP contribution in [0.3, 0.4) is 0 Å². The maximum atomic E-state index is 12.4. The molecule has 0 heterocycles. The highest BCUT2D eigenvalue weighted by molar-refractivity contribution is 5.99. The SMILES string of the molecule is COc1ccccc1C(=O)NC(C(=O)NCCCCN)C(C)C. The molecule has 0 aliphatic heterocycles. The van der Waals surface area contributed by atoms with Gasteiger partial charge in [0.2, 0.25) is 5.91 Å². The molecular formula is C17H27N3O3. The van der Waals surface area contributed by atoms with Crippen LogP contribution in [0.2, 0.25) is 0 Å². The molecule has 0 saturated heterocycles. The van der Waals surface area contributed by atoms with E-state index in [1.807, 2.05) is 13.8 Å². The van der Waals surface area contributed by atoms with Gasteiger partial charge >= 0.3 is 0 Å². The van der Waals surface area contributed by atoms with Crippen LogP contribution in [-0.2, 0) is 4.79 Å². The van der Waals surface area contributed by atoms with Gasteiger partial charge in [-0.1, -0.05) is 26.0 Å². The fourth-order valence-electron chi connectivity index (χ4n) is 2.18. The van der Waals surface area contributed by atoms with Gasteiger partial charge in [0.15, 0.2) is 0 Å². The molecule has 0 aliphatic rings. The third-order valence-electron chi connectivity index (χ3n) is 3.52. The van der Waals surface area contributed by atoms with Gasteiger partial charge in [0.25, 0.3) is 5.91 Å². The van der Waals surface area contributed by atoms with Crippen molar-refractivity contribution in [3.63, 3.8) is 0 Å². The molecule has 0 aromatic heterocycles. The summed E-state index contributed by atoms with van der Waals surface area (Å²) in [6, 6.07) is 6.34. The van der Waals surface area contributed by atoms with Gasteiger partial charge in [-0.2, -0.15) is 0 Å². The highest BCUT2D eigenvalue weighted by Crippen LogP contribution is 2.17. The van der Waals surface area contributed by atoms with Crippen LogP contribution in [0.1, 0.15) is 37.0 Å². The molecule has 1 rings (SSSR count). The normalized spacial score (nSPS) is 11.9. The number of methoxy groups -OCH3 is 1. The number of rotatable bonds is 9. The largest absolute Gasteiger partial charge is 0.496 e. The summed E-state index contributed by atoms with van der Waals surface area (Å²) in [6.45, 7) is 4.96. The van der Waals surface area contributed by atoms with Crippen LogP contribution in [0, 0.1) is 5.92 Å². The Kier molecular flexibility index (Phi) is 8.11. The monoisotopic (exact) mass is 321 g/mol. The third-order valence-corrected chi connectivity index (χ3v) is 3.52. The van der Waals surface area contributed by atoms with Crippen LogP contribution in [0.25, 0.3) is 0 Å². The Labute approximate surface area is 137 Å². The zero-order chi connectivity index (χ0) is 17.2. The second-order valence-corrected chi connectivity index (χ2v) is 5.68. The van der Waals surface area contributed by atoms with Gasteiger partial charge in [0.1, 0.15) is 11.8 Å². The minimum absolute atomic E-state index is 0.0248. The average Bonchev–Trinajstić information content (AvgIpc) is 2.55. The number of carbonyl (C=O) groups excluding carboxylic acids is 2. The Morgan fingerprint density at radius 2 is 1.91 bits per heavy atom. The molecule has 0 bridgehead atoms. The van der Waals surface area contributed by atoms with Crippen LogP contribution >= 0.6 is 0 Å². The maximum Gasteiger partial charge on any atom is 0.255 e. The molecule has 1 aromatic rings. The topological polar surface area (TPSA) is 93.4 Å². The van der Waals surface area contributed by atoms with Gasteiger partial charge in [0.05, 0.1) is 12.7 Å². The minimum atomic E-state index is -0.592. The van der Waals surface area contributed by atoms with E-state index >= 15 is 0 Å². The summed E-state index contributed by atoms with van der Waals surface area (Å²) in [5.41, 5.74) is 5.84. The molecule has 0 saturated carbocycles. The van der Waals surface area contributed by atoms with E-state index < -0.39 is 6.04 Å². The lowest BCUT2D eigenvalue weighted by molar-refractivity contribution is -0.123. The molecule has 23 heavy (non-hydrogen) atoms. The summed E-state index contributed by atoms with van der Waals surface area (Å²) >= 11 is 0. The zero-order valence-corrected chi connectivity index (χ0v) is 14.1. The molecule has 1 unspecified atom stereocenters. The number of nitrogens with one attached hydrogen (secondary N) is 2. The van der Waals surface area contributed by atoms with Crippen molar-refractivity contribution in [2.75, 3.05) is 20.2 Å². The van der Waals surface area contributed by atoms with Crippen molar-refractivity contribution in [2.45, 2.75) is 32.7 Å². The van der Waals surface area contributed by atoms with Crippen LogP contribution in [-0.4, -0.2) is 38.1 Å². The number of amides is 2. The first kappa shape index (κ1) is 19.0. The van der Waals surface area contributed by atoms with E-state index in [0.29, 0.717) is 24.4 Å². The fourth-order valence-corrected chi connectivity index (χ4v) is 2.18. The van der Waals surface area contributed by atoms with Gasteiger partial charge in [-0.05, 0) is 37.4 Å². The number of nitrogens with two attached hydrogens (primary N) is 1. The van der Waals surface area contributed by atoms with Gasteiger partial charge in [-0.25, -0.2) is 0 Å². The van der Waals surface area contributed by atoms with E-state index in [-0.39, 0.29) is 17.7 Å². The van der Waals surface area contributed by atoms with Crippen LogP contribution in [0.4, 0.5) is 0 Å². The maximum absolute atomic E-state index is 12.4. The second kappa shape index (κ2) is 9.84. The van der Waals surface area contributed by atoms with Crippen LogP contribution in [0.15, 0.2) is 24.3 Å². The second-order valence-electron chi connectivity index (χ2n) is 5.68. The van der Waals surface area contributed by atoms with E-state index in [1.165, 1.54) is 7.11 Å². The summed E-state index contributed by atoms with van der Waals surface area (Å²) < 4.78 is 5.19. The number of hydrogen-bond donors (Lipinski definition) is 3. The molecule has 0 aliphatic carbocycles. The standard InChI is InChI=1S/C17H27N3O3/c1-12(2)15(17(22)19-11-7-6-10-18)20-16(21)13-8-4-5-9-14(13)23-3/h4-5,8-9,12,15H,6-7,10-11,18H2,1-3H3,(H,19,22)(H,20,21). The molecule has 2 amide bonds. The number of ether oxygens (including phenoxy) is 1. The Balaban J connectivity index is 2.71. The highest BCUT2D eigenvalue weighted by Gasteiger charge is 2.25. The summed E-state index contributed by atoms with van der Waals surface area (Å²) in [4.78, 5) is 24.7. The van der Waals surface area contributed by atoms with Crippen molar-refractivity contribution in [1.29, 1.82) is 0 Å². The van der Waals surface area contributed by atoms with Crippen molar-refractivity contribution < 1.29 is 14.3 Å². The average molecular weight is 321 g/mol. The quantitative estimate of drug-likeness (QED) is 0.598. The lowest BCUT2D eigenvalue weighted by Gasteiger charge is -2.22. The molecule has 0 spiro atoms. The predicted molar refractivity (Wildman–Crippen MR) is 90.4 cm³/mol. The molecule has 4 N–H and O–H groups in total. The molecule has 1 atom stereocenters. The van der Waals surface area contributed by atoms with Gasteiger partial charge in [0, 0.05) is 6.54 Å². The molecule has 0 fully saturated rings. The lowest BCUT2D eigenvalue weighted by Crippen LogP contribution is -2.50.